The highest BCUT2D eigenvalue weighted by atomic mass is 79.9. The molecule has 102 valence electrons. The maximum absolute atomic E-state index is 11.3. The fraction of sp³-hybridized carbons (Fsp3) is 0.417. The summed E-state index contributed by atoms with van der Waals surface area (Å²) in [6, 6.07) is 4.34. The summed E-state index contributed by atoms with van der Waals surface area (Å²) in [5, 5.41) is 10.7. The van der Waals surface area contributed by atoms with E-state index < -0.39 is 11.0 Å². The Morgan fingerprint density at radius 2 is 2.21 bits per heavy atom. The van der Waals surface area contributed by atoms with Crippen LogP contribution in [0.3, 0.4) is 0 Å². The van der Waals surface area contributed by atoms with Gasteiger partial charge in [0.1, 0.15) is 11.9 Å². The van der Waals surface area contributed by atoms with E-state index >= 15 is 0 Å². The van der Waals surface area contributed by atoms with Gasteiger partial charge in [-0.15, -0.1) is 0 Å². The fourth-order valence-electron chi connectivity index (χ4n) is 1.85. The first-order valence-electron chi connectivity index (χ1n) is 5.77. The highest BCUT2D eigenvalue weighted by Crippen LogP contribution is 2.30. The van der Waals surface area contributed by atoms with Crippen molar-refractivity contribution >= 4 is 27.4 Å². The van der Waals surface area contributed by atoms with Gasteiger partial charge in [0, 0.05) is 23.6 Å². The second-order valence-corrected chi connectivity index (χ2v) is 5.02. The zero-order valence-corrected chi connectivity index (χ0v) is 11.8. The molecule has 1 aliphatic carbocycles. The molecule has 0 bridgehead atoms. The third-order valence-corrected chi connectivity index (χ3v) is 3.22. The summed E-state index contributed by atoms with van der Waals surface area (Å²) < 4.78 is 11.4. The maximum atomic E-state index is 11.3. The predicted octanol–water partition coefficient (Wildman–Crippen LogP) is 2.48. The Balaban J connectivity index is 2.11. The molecule has 0 radical (unpaired) electrons. The van der Waals surface area contributed by atoms with Crippen molar-refractivity contribution in [2.75, 3.05) is 6.61 Å². The van der Waals surface area contributed by atoms with Crippen molar-refractivity contribution in [1.29, 1.82) is 0 Å². The molecule has 2 unspecified atom stereocenters. The highest BCUT2D eigenvalue weighted by Gasteiger charge is 2.42. The minimum absolute atomic E-state index is 0.00338. The highest BCUT2D eigenvalue weighted by molar-refractivity contribution is 9.10. The van der Waals surface area contributed by atoms with Crippen LogP contribution in [0.25, 0.3) is 0 Å². The molecule has 2 atom stereocenters. The van der Waals surface area contributed by atoms with Gasteiger partial charge in [-0.1, -0.05) is 15.9 Å². The van der Waals surface area contributed by atoms with E-state index in [9.17, 15) is 14.9 Å². The van der Waals surface area contributed by atoms with Gasteiger partial charge in [-0.25, -0.2) is 0 Å². The minimum Gasteiger partial charge on any atom is -0.486 e. The van der Waals surface area contributed by atoms with Crippen LogP contribution in [0.1, 0.15) is 13.3 Å². The van der Waals surface area contributed by atoms with Crippen LogP contribution in [0.4, 0.5) is 5.69 Å². The van der Waals surface area contributed by atoms with Crippen molar-refractivity contribution in [3.63, 3.8) is 0 Å². The first-order valence-corrected chi connectivity index (χ1v) is 6.56. The van der Waals surface area contributed by atoms with Crippen molar-refractivity contribution in [2.24, 2.45) is 0 Å². The zero-order chi connectivity index (χ0) is 14.0. The van der Waals surface area contributed by atoms with Crippen LogP contribution >= 0.6 is 15.9 Å². The van der Waals surface area contributed by atoms with E-state index in [1.807, 2.05) is 0 Å². The number of halogens is 1. The molecule has 0 saturated heterocycles. The third kappa shape index (κ3) is 3.10. The number of non-ortho nitro benzene ring substituents is 1. The van der Waals surface area contributed by atoms with Crippen molar-refractivity contribution < 1.29 is 19.2 Å². The van der Waals surface area contributed by atoms with Crippen molar-refractivity contribution in [3.05, 3.63) is 32.8 Å². The normalized spacial score (nSPS) is 21.9. The number of hydrogen-bond donors (Lipinski definition) is 0. The Bertz CT molecular complexity index is 519. The lowest BCUT2D eigenvalue weighted by atomic mass is 9.90. The van der Waals surface area contributed by atoms with E-state index in [1.165, 1.54) is 12.1 Å². The van der Waals surface area contributed by atoms with Gasteiger partial charge in [-0.3, -0.25) is 14.9 Å². The number of nitro benzene ring substituents is 1. The van der Waals surface area contributed by atoms with Crippen LogP contribution in [-0.2, 0) is 9.53 Å². The molecule has 0 aliphatic heterocycles. The maximum Gasteiger partial charge on any atom is 0.274 e. The monoisotopic (exact) mass is 329 g/mol. The second kappa shape index (κ2) is 5.66. The minimum atomic E-state index is -0.567. The summed E-state index contributed by atoms with van der Waals surface area (Å²) in [4.78, 5) is 21.6. The van der Waals surface area contributed by atoms with Crippen molar-refractivity contribution in [3.8, 4) is 5.75 Å². The lowest BCUT2D eigenvalue weighted by Gasteiger charge is -2.34. The standard InChI is InChI=1S/C12H12BrNO5/c1-2-18-12-10(15)6-11(12)19-9-4-7(13)3-8(5-9)14(16)17/h3-5,11-12H,2,6H2,1H3. The number of rotatable bonds is 5. The van der Waals surface area contributed by atoms with Gasteiger partial charge in [0.2, 0.25) is 0 Å². The second-order valence-electron chi connectivity index (χ2n) is 4.10. The van der Waals surface area contributed by atoms with Gasteiger partial charge in [-0.05, 0) is 13.0 Å². The van der Waals surface area contributed by atoms with E-state index in [2.05, 4.69) is 15.9 Å². The molecule has 2 rings (SSSR count). The number of nitrogens with zero attached hydrogens (tertiary/aromatic N) is 1. The molecule has 0 heterocycles. The average Bonchev–Trinajstić information content (AvgIpc) is 2.35. The number of benzene rings is 1. The number of ketones is 1. The summed E-state index contributed by atoms with van der Waals surface area (Å²) in [6.45, 7) is 2.22. The van der Waals surface area contributed by atoms with Gasteiger partial charge in [0.05, 0.1) is 11.0 Å². The van der Waals surface area contributed by atoms with Crippen LogP contribution < -0.4 is 4.74 Å². The molecule has 1 aromatic carbocycles. The third-order valence-electron chi connectivity index (χ3n) is 2.76. The largest absolute Gasteiger partial charge is 0.486 e. The topological polar surface area (TPSA) is 78.7 Å². The quantitative estimate of drug-likeness (QED) is 0.612. The molecule has 0 N–H and O–H groups in total. The van der Waals surface area contributed by atoms with Crippen LogP contribution in [0.5, 0.6) is 5.75 Å². The molecule has 0 aromatic heterocycles. The Kier molecular flexibility index (Phi) is 4.16. The number of Topliss-reactive ketones (excluding diaryl/α,β-unsaturated/α-hetero) is 1. The Morgan fingerprint density at radius 3 is 2.79 bits per heavy atom. The SMILES string of the molecule is CCOC1C(=O)CC1Oc1cc(Br)cc([N+](=O)[O-])c1. The summed E-state index contributed by atoms with van der Waals surface area (Å²) in [7, 11) is 0. The van der Waals surface area contributed by atoms with E-state index in [1.54, 1.807) is 13.0 Å². The number of hydrogen-bond acceptors (Lipinski definition) is 5. The fourth-order valence-corrected chi connectivity index (χ4v) is 2.31. The van der Waals surface area contributed by atoms with E-state index in [0.717, 1.165) is 0 Å². The Labute approximate surface area is 118 Å². The average molecular weight is 330 g/mol. The summed E-state index contributed by atoms with van der Waals surface area (Å²) in [5.74, 6) is 0.347. The van der Waals surface area contributed by atoms with E-state index in [4.69, 9.17) is 9.47 Å². The van der Waals surface area contributed by atoms with Gasteiger partial charge in [0.15, 0.2) is 11.9 Å². The molecule has 6 nitrogen and oxygen atoms in total. The molecular formula is C12H12BrNO5. The summed E-state index contributed by atoms with van der Waals surface area (Å²) in [6.07, 6.45) is -0.672. The van der Waals surface area contributed by atoms with Gasteiger partial charge >= 0.3 is 0 Å². The van der Waals surface area contributed by atoms with Crippen LogP contribution in [0, 0.1) is 10.1 Å². The van der Waals surface area contributed by atoms with Crippen LogP contribution in [-0.4, -0.2) is 29.5 Å². The molecule has 19 heavy (non-hydrogen) atoms. The van der Waals surface area contributed by atoms with E-state index in [0.29, 0.717) is 16.8 Å². The van der Waals surface area contributed by atoms with Crippen molar-refractivity contribution in [1.82, 2.24) is 0 Å². The number of carbonyl (C=O) groups excluding carboxylic acids is 1. The summed E-state index contributed by atoms with van der Waals surface area (Å²) >= 11 is 3.19. The molecule has 7 heteroatoms. The Morgan fingerprint density at radius 1 is 1.47 bits per heavy atom. The van der Waals surface area contributed by atoms with Crippen LogP contribution in [0.2, 0.25) is 0 Å². The molecule has 1 fully saturated rings. The van der Waals surface area contributed by atoms with Gasteiger partial charge in [-0.2, -0.15) is 0 Å². The predicted molar refractivity (Wildman–Crippen MR) is 70.3 cm³/mol. The Hall–Kier alpha value is -1.47. The number of carbonyl (C=O) groups is 1. The molecule has 1 saturated carbocycles. The molecular weight excluding hydrogens is 318 g/mol. The smallest absolute Gasteiger partial charge is 0.274 e. The lowest BCUT2D eigenvalue weighted by molar-refractivity contribution is -0.385. The molecule has 1 aliphatic rings. The zero-order valence-electron chi connectivity index (χ0n) is 10.2. The molecule has 0 spiro atoms. The van der Waals surface area contributed by atoms with Gasteiger partial charge < -0.3 is 9.47 Å². The first-order chi connectivity index (χ1) is 9.01. The lowest BCUT2D eigenvalue weighted by Crippen LogP contribution is -2.52. The molecule has 0 amide bonds. The number of ether oxygens (including phenoxy) is 2. The van der Waals surface area contributed by atoms with Gasteiger partial charge in [0.25, 0.3) is 5.69 Å². The summed E-state index contributed by atoms with van der Waals surface area (Å²) in [5.41, 5.74) is -0.0667. The van der Waals surface area contributed by atoms with E-state index in [-0.39, 0.29) is 24.0 Å². The van der Waals surface area contributed by atoms with Crippen molar-refractivity contribution in [2.45, 2.75) is 25.6 Å². The van der Waals surface area contributed by atoms with Crippen LogP contribution in [0.15, 0.2) is 22.7 Å². The molecule has 1 aromatic rings. The number of nitro groups is 1. The first kappa shape index (κ1) is 14.0.